The fraction of sp³-hybridized carbons (Fsp3) is 0.273. The molecule has 28 heavy (non-hydrogen) atoms. The maximum Gasteiger partial charge on any atom is 0.289 e. The molecule has 2 unspecified atom stereocenters. The average molecular weight is 381 g/mol. The predicted octanol–water partition coefficient (Wildman–Crippen LogP) is 3.17. The molecule has 1 saturated heterocycles. The largest absolute Gasteiger partial charge is 0.451 e. The van der Waals surface area contributed by atoms with Crippen LogP contribution in [0.3, 0.4) is 0 Å². The van der Waals surface area contributed by atoms with Gasteiger partial charge >= 0.3 is 0 Å². The Bertz CT molecular complexity index is 1060. The monoisotopic (exact) mass is 381 g/mol. The molecule has 0 bridgehead atoms. The van der Waals surface area contributed by atoms with E-state index in [1.807, 2.05) is 30.3 Å². The second-order valence-electron chi connectivity index (χ2n) is 7.12. The number of halogens is 1. The highest BCUT2D eigenvalue weighted by Crippen LogP contribution is 2.32. The number of benzene rings is 2. The van der Waals surface area contributed by atoms with E-state index in [0.29, 0.717) is 19.5 Å². The summed E-state index contributed by atoms with van der Waals surface area (Å²) in [6, 6.07) is 14.6. The third kappa shape index (κ3) is 3.43. The van der Waals surface area contributed by atoms with Crippen LogP contribution in [-0.4, -0.2) is 35.6 Å². The van der Waals surface area contributed by atoms with Crippen molar-refractivity contribution in [3.8, 4) is 0 Å². The second kappa shape index (κ2) is 7.56. The van der Waals surface area contributed by atoms with E-state index in [-0.39, 0.29) is 40.6 Å². The topological polar surface area (TPSA) is 70.8 Å². The van der Waals surface area contributed by atoms with Crippen LogP contribution < -0.4 is 5.43 Å². The van der Waals surface area contributed by atoms with Gasteiger partial charge in [-0.1, -0.05) is 30.3 Å². The zero-order chi connectivity index (χ0) is 19.7. The van der Waals surface area contributed by atoms with Crippen molar-refractivity contribution in [1.82, 2.24) is 4.90 Å². The summed E-state index contributed by atoms with van der Waals surface area (Å²) in [7, 11) is 0. The summed E-state index contributed by atoms with van der Waals surface area (Å²) < 4.78 is 19.0. The molecule has 6 heteroatoms. The Hall–Kier alpha value is -2.99. The number of likely N-dealkylation sites (tertiary alicyclic amines) is 1. The van der Waals surface area contributed by atoms with Crippen molar-refractivity contribution in [2.24, 2.45) is 5.92 Å². The number of nitrogens with zero attached hydrogens (tertiary/aromatic N) is 1. The molecule has 2 atom stereocenters. The van der Waals surface area contributed by atoms with Crippen LogP contribution in [0.25, 0.3) is 11.0 Å². The van der Waals surface area contributed by atoms with Crippen LogP contribution in [0.4, 0.5) is 4.39 Å². The van der Waals surface area contributed by atoms with E-state index in [9.17, 15) is 19.1 Å². The SMILES string of the molecule is O=C(c1cc(=O)c2ccc(F)cc2o1)N1CCC(CO)C(c2ccccc2)C1. The lowest BCUT2D eigenvalue weighted by Gasteiger charge is -2.38. The number of rotatable bonds is 3. The zero-order valence-electron chi connectivity index (χ0n) is 15.2. The Labute approximate surface area is 161 Å². The van der Waals surface area contributed by atoms with E-state index >= 15 is 0 Å². The third-order valence-corrected chi connectivity index (χ3v) is 5.41. The Morgan fingerprint density at radius 3 is 2.71 bits per heavy atom. The molecule has 0 aliphatic carbocycles. The van der Waals surface area contributed by atoms with E-state index in [1.165, 1.54) is 12.1 Å². The quantitative estimate of drug-likeness (QED) is 0.757. The van der Waals surface area contributed by atoms with Crippen LogP contribution in [0.5, 0.6) is 0 Å². The fourth-order valence-corrected chi connectivity index (χ4v) is 3.87. The molecule has 1 amide bonds. The number of amides is 1. The highest BCUT2D eigenvalue weighted by molar-refractivity contribution is 5.93. The number of aliphatic hydroxyl groups excluding tert-OH is 1. The van der Waals surface area contributed by atoms with Crippen LogP contribution in [0.1, 0.15) is 28.5 Å². The second-order valence-corrected chi connectivity index (χ2v) is 7.12. The van der Waals surface area contributed by atoms with E-state index in [4.69, 9.17) is 4.42 Å². The van der Waals surface area contributed by atoms with Gasteiger partial charge in [0.1, 0.15) is 11.4 Å². The van der Waals surface area contributed by atoms with Crippen molar-refractivity contribution in [1.29, 1.82) is 0 Å². The van der Waals surface area contributed by atoms with Crippen molar-refractivity contribution in [3.05, 3.63) is 82.0 Å². The molecule has 1 aromatic heterocycles. The molecular weight excluding hydrogens is 361 g/mol. The van der Waals surface area contributed by atoms with Crippen LogP contribution in [0.2, 0.25) is 0 Å². The van der Waals surface area contributed by atoms with Gasteiger partial charge < -0.3 is 14.4 Å². The van der Waals surface area contributed by atoms with Crippen LogP contribution >= 0.6 is 0 Å². The molecule has 4 rings (SSSR count). The van der Waals surface area contributed by atoms with Gasteiger partial charge in [0.15, 0.2) is 11.2 Å². The van der Waals surface area contributed by atoms with Gasteiger partial charge in [-0.15, -0.1) is 0 Å². The molecule has 1 aliphatic heterocycles. The first-order valence-corrected chi connectivity index (χ1v) is 9.25. The third-order valence-electron chi connectivity index (χ3n) is 5.41. The molecule has 1 aliphatic rings. The van der Waals surface area contributed by atoms with Crippen molar-refractivity contribution in [3.63, 3.8) is 0 Å². The van der Waals surface area contributed by atoms with Gasteiger partial charge in [0.25, 0.3) is 5.91 Å². The van der Waals surface area contributed by atoms with Crippen molar-refractivity contribution in [2.45, 2.75) is 12.3 Å². The van der Waals surface area contributed by atoms with Crippen LogP contribution in [0.15, 0.2) is 63.8 Å². The Kier molecular flexibility index (Phi) is 4.96. The smallest absolute Gasteiger partial charge is 0.289 e. The lowest BCUT2D eigenvalue weighted by molar-refractivity contribution is 0.0573. The van der Waals surface area contributed by atoms with Gasteiger partial charge in [0.2, 0.25) is 0 Å². The van der Waals surface area contributed by atoms with Gasteiger partial charge in [-0.3, -0.25) is 9.59 Å². The standard InChI is InChI=1S/C22H20FNO4/c23-16-6-7-17-19(26)11-21(28-20(17)10-16)22(27)24-9-8-15(13-25)18(12-24)14-4-2-1-3-5-14/h1-7,10-11,15,18,25H,8-9,12-13H2. The first-order valence-electron chi connectivity index (χ1n) is 9.25. The van der Waals surface area contributed by atoms with E-state index < -0.39 is 11.7 Å². The summed E-state index contributed by atoms with van der Waals surface area (Å²) in [6.07, 6.45) is 0.647. The molecular formula is C22H20FNO4. The number of fused-ring (bicyclic) bond motifs is 1. The molecule has 2 heterocycles. The first-order chi connectivity index (χ1) is 13.6. The number of piperidine rings is 1. The van der Waals surface area contributed by atoms with Crippen LogP contribution in [0, 0.1) is 11.7 Å². The Morgan fingerprint density at radius 1 is 1.18 bits per heavy atom. The molecule has 1 N–H and O–H groups in total. The molecule has 0 saturated carbocycles. The van der Waals surface area contributed by atoms with E-state index in [2.05, 4.69) is 0 Å². The molecule has 5 nitrogen and oxygen atoms in total. The van der Waals surface area contributed by atoms with E-state index in [1.54, 1.807) is 4.90 Å². The number of aliphatic hydroxyl groups is 1. The number of hydrogen-bond donors (Lipinski definition) is 1. The average Bonchev–Trinajstić information content (AvgIpc) is 2.73. The maximum absolute atomic E-state index is 13.5. The minimum atomic E-state index is -0.534. The van der Waals surface area contributed by atoms with Gasteiger partial charge in [0.05, 0.1) is 5.39 Å². The summed E-state index contributed by atoms with van der Waals surface area (Å²) >= 11 is 0. The maximum atomic E-state index is 13.5. The Balaban J connectivity index is 1.64. The summed E-state index contributed by atoms with van der Waals surface area (Å²) in [6.45, 7) is 0.920. The summed E-state index contributed by atoms with van der Waals surface area (Å²) in [5.74, 6) is -0.983. The highest BCUT2D eigenvalue weighted by atomic mass is 19.1. The summed E-state index contributed by atoms with van der Waals surface area (Å²) in [4.78, 5) is 26.9. The lowest BCUT2D eigenvalue weighted by atomic mass is 9.81. The van der Waals surface area contributed by atoms with Crippen LogP contribution in [-0.2, 0) is 0 Å². The Morgan fingerprint density at radius 2 is 1.96 bits per heavy atom. The number of carbonyl (C=O) groups is 1. The predicted molar refractivity (Wildman–Crippen MR) is 103 cm³/mol. The van der Waals surface area contributed by atoms with Gasteiger partial charge in [-0.05, 0) is 30.0 Å². The normalized spacial score (nSPS) is 19.7. The molecule has 0 spiro atoms. The molecule has 0 radical (unpaired) electrons. The van der Waals surface area contributed by atoms with Gasteiger partial charge in [-0.25, -0.2) is 4.39 Å². The number of hydrogen-bond acceptors (Lipinski definition) is 4. The number of carbonyl (C=O) groups excluding carboxylic acids is 1. The molecule has 144 valence electrons. The molecule has 3 aromatic rings. The molecule has 1 fully saturated rings. The molecule has 2 aromatic carbocycles. The lowest BCUT2D eigenvalue weighted by Crippen LogP contribution is -2.43. The summed E-state index contributed by atoms with van der Waals surface area (Å²) in [5, 5.41) is 9.98. The van der Waals surface area contributed by atoms with Gasteiger partial charge in [-0.2, -0.15) is 0 Å². The van der Waals surface area contributed by atoms with E-state index in [0.717, 1.165) is 17.7 Å². The fourth-order valence-electron chi connectivity index (χ4n) is 3.87. The minimum absolute atomic E-state index is 0.00600. The van der Waals surface area contributed by atoms with Crippen molar-refractivity contribution < 1.29 is 18.7 Å². The van der Waals surface area contributed by atoms with Crippen molar-refractivity contribution >= 4 is 16.9 Å². The van der Waals surface area contributed by atoms with Crippen molar-refractivity contribution in [2.75, 3.05) is 19.7 Å². The van der Waals surface area contributed by atoms with Gasteiger partial charge in [0, 0.05) is 37.7 Å². The summed E-state index contributed by atoms with van der Waals surface area (Å²) in [5.41, 5.74) is 0.733. The minimum Gasteiger partial charge on any atom is -0.451 e. The zero-order valence-corrected chi connectivity index (χ0v) is 15.2. The highest BCUT2D eigenvalue weighted by Gasteiger charge is 2.33. The first kappa shape index (κ1) is 18.4.